The van der Waals surface area contributed by atoms with Gasteiger partial charge < -0.3 is 11.5 Å². The van der Waals surface area contributed by atoms with Crippen LogP contribution >= 0.6 is 0 Å². The summed E-state index contributed by atoms with van der Waals surface area (Å²) in [6.45, 7) is 0.834. The van der Waals surface area contributed by atoms with E-state index < -0.39 is 0 Å². The highest BCUT2D eigenvalue weighted by Crippen LogP contribution is 2.56. The minimum Gasteiger partial charge on any atom is -0.399 e. The molecule has 0 heterocycles. The second-order valence-corrected chi connectivity index (χ2v) is 5.43. The summed E-state index contributed by atoms with van der Waals surface area (Å²) in [5, 5.41) is 0. The number of rotatable bonds is 2. The first-order chi connectivity index (χ1) is 7.79. The molecule has 2 saturated carbocycles. The molecule has 0 saturated heterocycles. The minimum absolute atomic E-state index is 0.673. The van der Waals surface area contributed by atoms with E-state index in [1.54, 1.807) is 0 Å². The van der Waals surface area contributed by atoms with Crippen molar-refractivity contribution in [3.63, 3.8) is 0 Å². The van der Waals surface area contributed by atoms with Gasteiger partial charge in [0.2, 0.25) is 0 Å². The Morgan fingerprint density at radius 2 is 2.00 bits per heavy atom. The topological polar surface area (TPSA) is 52.0 Å². The SMILES string of the molecule is NCC1C2CCC(C2)C1c1cccc(N)c1. The molecule has 1 aromatic rings. The Hall–Kier alpha value is -1.02. The van der Waals surface area contributed by atoms with Crippen molar-refractivity contribution < 1.29 is 0 Å². The van der Waals surface area contributed by atoms with Gasteiger partial charge in [-0.1, -0.05) is 12.1 Å². The van der Waals surface area contributed by atoms with E-state index >= 15 is 0 Å². The Bertz CT molecular complexity index is 388. The Morgan fingerprint density at radius 1 is 1.19 bits per heavy atom. The van der Waals surface area contributed by atoms with Crippen LogP contribution in [0.15, 0.2) is 24.3 Å². The summed E-state index contributed by atoms with van der Waals surface area (Å²) in [4.78, 5) is 0. The summed E-state index contributed by atoms with van der Waals surface area (Å²) >= 11 is 0. The molecule has 0 aliphatic heterocycles. The van der Waals surface area contributed by atoms with Crippen molar-refractivity contribution in [1.82, 2.24) is 0 Å². The first-order valence-corrected chi connectivity index (χ1v) is 6.35. The van der Waals surface area contributed by atoms with E-state index in [0.717, 1.165) is 24.1 Å². The third kappa shape index (κ3) is 1.44. The number of hydrogen-bond donors (Lipinski definition) is 2. The van der Waals surface area contributed by atoms with Crippen molar-refractivity contribution in [3.8, 4) is 0 Å². The van der Waals surface area contributed by atoms with Gasteiger partial charge in [-0.15, -0.1) is 0 Å². The molecule has 0 aromatic heterocycles. The van der Waals surface area contributed by atoms with Gasteiger partial charge in [-0.05, 0) is 67.2 Å². The highest BCUT2D eigenvalue weighted by Gasteiger charge is 2.47. The molecule has 2 aliphatic rings. The van der Waals surface area contributed by atoms with Gasteiger partial charge in [-0.2, -0.15) is 0 Å². The van der Waals surface area contributed by atoms with E-state index in [4.69, 9.17) is 11.5 Å². The highest BCUT2D eigenvalue weighted by molar-refractivity contribution is 5.42. The molecule has 2 nitrogen and oxygen atoms in total. The van der Waals surface area contributed by atoms with Gasteiger partial charge in [-0.3, -0.25) is 0 Å². The van der Waals surface area contributed by atoms with Crippen LogP contribution in [-0.2, 0) is 0 Å². The molecule has 3 rings (SSSR count). The van der Waals surface area contributed by atoms with Crippen molar-refractivity contribution in [2.45, 2.75) is 25.2 Å². The maximum atomic E-state index is 5.95. The second-order valence-electron chi connectivity index (χ2n) is 5.43. The van der Waals surface area contributed by atoms with Crippen LogP contribution in [0.3, 0.4) is 0 Å². The zero-order chi connectivity index (χ0) is 11.1. The quantitative estimate of drug-likeness (QED) is 0.746. The average Bonchev–Trinajstić information content (AvgIpc) is 2.88. The molecule has 2 fully saturated rings. The molecule has 4 atom stereocenters. The average molecular weight is 216 g/mol. The number of hydrogen-bond acceptors (Lipinski definition) is 2. The molecule has 1 aromatic carbocycles. The molecule has 16 heavy (non-hydrogen) atoms. The van der Waals surface area contributed by atoms with Gasteiger partial charge in [0.1, 0.15) is 0 Å². The van der Waals surface area contributed by atoms with Gasteiger partial charge in [0, 0.05) is 5.69 Å². The van der Waals surface area contributed by atoms with Crippen LogP contribution in [0.25, 0.3) is 0 Å². The maximum absolute atomic E-state index is 5.95. The highest BCUT2D eigenvalue weighted by atomic mass is 14.6. The Labute approximate surface area is 97.0 Å². The Kier molecular flexibility index (Phi) is 2.40. The number of benzene rings is 1. The standard InChI is InChI=1S/C14H20N2/c15-8-13-9-4-5-11(6-9)14(13)10-2-1-3-12(16)7-10/h1-3,7,9,11,13-14H,4-6,8,15-16H2. The molecular formula is C14H20N2. The molecule has 4 N–H and O–H groups in total. The Balaban J connectivity index is 1.94. The number of nitrogens with two attached hydrogens (primary N) is 2. The van der Waals surface area contributed by atoms with Crippen LogP contribution in [0.1, 0.15) is 30.7 Å². The van der Waals surface area contributed by atoms with Crippen LogP contribution in [0.2, 0.25) is 0 Å². The van der Waals surface area contributed by atoms with Gasteiger partial charge in [0.05, 0.1) is 0 Å². The normalized spacial score (nSPS) is 36.8. The van der Waals surface area contributed by atoms with Gasteiger partial charge in [0.25, 0.3) is 0 Å². The molecule has 4 unspecified atom stereocenters. The molecular weight excluding hydrogens is 196 g/mol. The summed E-state index contributed by atoms with van der Waals surface area (Å²) in [6, 6.07) is 8.41. The van der Waals surface area contributed by atoms with Gasteiger partial charge in [-0.25, -0.2) is 0 Å². The minimum atomic E-state index is 0.673. The van der Waals surface area contributed by atoms with Crippen molar-refractivity contribution in [1.29, 1.82) is 0 Å². The number of fused-ring (bicyclic) bond motifs is 2. The maximum Gasteiger partial charge on any atom is 0.0316 e. The lowest BCUT2D eigenvalue weighted by atomic mass is 9.75. The fourth-order valence-corrected chi connectivity index (χ4v) is 4.04. The first-order valence-electron chi connectivity index (χ1n) is 6.35. The summed E-state index contributed by atoms with van der Waals surface area (Å²) in [6.07, 6.45) is 4.17. The van der Waals surface area contributed by atoms with E-state index in [-0.39, 0.29) is 0 Å². The van der Waals surface area contributed by atoms with E-state index in [1.165, 1.54) is 24.8 Å². The summed E-state index contributed by atoms with van der Waals surface area (Å²) < 4.78 is 0. The molecule has 0 spiro atoms. The van der Waals surface area contributed by atoms with E-state index in [0.29, 0.717) is 11.8 Å². The van der Waals surface area contributed by atoms with E-state index in [1.807, 2.05) is 6.07 Å². The second kappa shape index (κ2) is 3.77. The molecule has 86 valence electrons. The van der Waals surface area contributed by atoms with Gasteiger partial charge >= 0.3 is 0 Å². The molecule has 2 heteroatoms. The fraction of sp³-hybridized carbons (Fsp3) is 0.571. The summed E-state index contributed by atoms with van der Waals surface area (Å²) in [7, 11) is 0. The lowest BCUT2D eigenvalue weighted by Crippen LogP contribution is -2.27. The van der Waals surface area contributed by atoms with Crippen molar-refractivity contribution in [2.24, 2.45) is 23.5 Å². The van der Waals surface area contributed by atoms with Crippen molar-refractivity contribution >= 4 is 5.69 Å². The predicted molar refractivity (Wildman–Crippen MR) is 67.0 cm³/mol. The summed E-state index contributed by atoms with van der Waals surface area (Å²) in [5.41, 5.74) is 14.1. The molecule has 0 radical (unpaired) electrons. The third-order valence-electron chi connectivity index (χ3n) is 4.66. The number of nitrogen functional groups attached to an aromatic ring is 1. The zero-order valence-corrected chi connectivity index (χ0v) is 9.60. The molecule has 2 aliphatic carbocycles. The van der Waals surface area contributed by atoms with Crippen LogP contribution in [0.5, 0.6) is 0 Å². The lowest BCUT2D eigenvalue weighted by Gasteiger charge is -2.30. The van der Waals surface area contributed by atoms with Gasteiger partial charge in [0.15, 0.2) is 0 Å². The largest absolute Gasteiger partial charge is 0.399 e. The predicted octanol–water partition coefficient (Wildman–Crippen LogP) is 2.36. The molecule has 2 bridgehead atoms. The van der Waals surface area contributed by atoms with Crippen LogP contribution < -0.4 is 11.5 Å². The van der Waals surface area contributed by atoms with Crippen molar-refractivity contribution in [3.05, 3.63) is 29.8 Å². The monoisotopic (exact) mass is 216 g/mol. The number of anilines is 1. The van der Waals surface area contributed by atoms with Crippen LogP contribution in [-0.4, -0.2) is 6.54 Å². The van der Waals surface area contributed by atoms with Crippen molar-refractivity contribution in [2.75, 3.05) is 12.3 Å². The lowest BCUT2D eigenvalue weighted by molar-refractivity contribution is 0.295. The van der Waals surface area contributed by atoms with E-state index in [9.17, 15) is 0 Å². The fourth-order valence-electron chi connectivity index (χ4n) is 4.04. The Morgan fingerprint density at radius 3 is 2.75 bits per heavy atom. The molecule has 0 amide bonds. The van der Waals surface area contributed by atoms with Crippen LogP contribution in [0, 0.1) is 17.8 Å². The first kappa shape index (κ1) is 10.2. The summed E-state index contributed by atoms with van der Waals surface area (Å²) in [5.74, 6) is 3.11. The van der Waals surface area contributed by atoms with Crippen LogP contribution in [0.4, 0.5) is 5.69 Å². The third-order valence-corrected chi connectivity index (χ3v) is 4.66. The zero-order valence-electron chi connectivity index (χ0n) is 9.60. The smallest absolute Gasteiger partial charge is 0.0316 e. The van der Waals surface area contributed by atoms with E-state index in [2.05, 4.69) is 18.2 Å².